The quantitative estimate of drug-likeness (QED) is 0.737. The molecule has 0 N–H and O–H groups in total. The second kappa shape index (κ2) is 5.74. The third-order valence-electron chi connectivity index (χ3n) is 3.36. The molecule has 0 aliphatic heterocycles. The summed E-state index contributed by atoms with van der Waals surface area (Å²) in [6.07, 6.45) is 8.29. The Morgan fingerprint density at radius 1 is 0.900 bits per heavy atom. The van der Waals surface area contributed by atoms with Crippen molar-refractivity contribution in [3.05, 3.63) is 84.3 Å². The summed E-state index contributed by atoms with van der Waals surface area (Å²) in [7, 11) is 0. The molecule has 0 fully saturated rings. The van der Waals surface area contributed by atoms with Crippen molar-refractivity contribution >= 4 is 11.4 Å². The van der Waals surface area contributed by atoms with Crippen LogP contribution in [0.2, 0.25) is 0 Å². The molecule has 0 saturated heterocycles. The molecule has 20 heavy (non-hydrogen) atoms. The molecule has 0 saturated carbocycles. The number of allylic oxidation sites excluding steroid dienone is 4. The number of nitrogens with zero attached hydrogens (tertiary/aromatic N) is 1. The minimum Gasteiger partial charge on any atom is -0.314 e. The smallest absolute Gasteiger partial charge is 0.125 e. The highest BCUT2D eigenvalue weighted by molar-refractivity contribution is 5.68. The number of anilines is 2. The fourth-order valence-electron chi connectivity index (χ4n) is 2.45. The van der Waals surface area contributed by atoms with Crippen LogP contribution in [0.5, 0.6) is 0 Å². The van der Waals surface area contributed by atoms with Crippen LogP contribution in [0.4, 0.5) is 15.8 Å². The van der Waals surface area contributed by atoms with Gasteiger partial charge in [-0.05, 0) is 49.2 Å². The van der Waals surface area contributed by atoms with Gasteiger partial charge in [0.15, 0.2) is 0 Å². The average molecular weight is 265 g/mol. The monoisotopic (exact) mass is 265 g/mol. The van der Waals surface area contributed by atoms with Crippen molar-refractivity contribution in [2.45, 2.75) is 12.8 Å². The van der Waals surface area contributed by atoms with Crippen molar-refractivity contribution in [2.75, 3.05) is 4.90 Å². The number of para-hydroxylation sites is 1. The third kappa shape index (κ3) is 2.64. The first kappa shape index (κ1) is 12.7. The van der Waals surface area contributed by atoms with Gasteiger partial charge in [0.1, 0.15) is 5.82 Å². The zero-order valence-corrected chi connectivity index (χ0v) is 11.2. The first-order valence-corrected chi connectivity index (χ1v) is 6.81. The van der Waals surface area contributed by atoms with E-state index in [0.717, 1.165) is 24.2 Å². The van der Waals surface area contributed by atoms with Gasteiger partial charge in [0.2, 0.25) is 0 Å². The SMILES string of the molecule is Fc1cccc(N(C2=CC=CCC2)c2ccccc2)c1. The van der Waals surface area contributed by atoms with Crippen LogP contribution < -0.4 is 4.90 Å². The van der Waals surface area contributed by atoms with Gasteiger partial charge in [-0.25, -0.2) is 4.39 Å². The van der Waals surface area contributed by atoms with Gasteiger partial charge in [0.05, 0.1) is 0 Å². The van der Waals surface area contributed by atoms with Crippen molar-refractivity contribution in [2.24, 2.45) is 0 Å². The lowest BCUT2D eigenvalue weighted by atomic mass is 10.1. The number of rotatable bonds is 3. The van der Waals surface area contributed by atoms with Crippen molar-refractivity contribution in [1.29, 1.82) is 0 Å². The van der Waals surface area contributed by atoms with Crippen molar-refractivity contribution in [1.82, 2.24) is 0 Å². The van der Waals surface area contributed by atoms with Gasteiger partial charge in [-0.15, -0.1) is 0 Å². The van der Waals surface area contributed by atoms with Crippen LogP contribution >= 0.6 is 0 Å². The molecule has 1 aliphatic carbocycles. The van der Waals surface area contributed by atoms with Gasteiger partial charge in [0.25, 0.3) is 0 Å². The van der Waals surface area contributed by atoms with E-state index >= 15 is 0 Å². The van der Waals surface area contributed by atoms with Crippen LogP contribution in [0.25, 0.3) is 0 Å². The Morgan fingerprint density at radius 3 is 2.40 bits per heavy atom. The lowest BCUT2D eigenvalue weighted by molar-refractivity contribution is 0.628. The zero-order valence-electron chi connectivity index (χ0n) is 11.2. The number of hydrogen-bond acceptors (Lipinski definition) is 1. The highest BCUT2D eigenvalue weighted by Gasteiger charge is 2.15. The number of halogens is 1. The summed E-state index contributed by atoms with van der Waals surface area (Å²) in [4.78, 5) is 2.12. The lowest BCUT2D eigenvalue weighted by Gasteiger charge is -2.28. The molecule has 0 unspecified atom stereocenters. The predicted octanol–water partition coefficient (Wildman–Crippen LogP) is 5.20. The van der Waals surface area contributed by atoms with E-state index < -0.39 is 0 Å². The fourth-order valence-corrected chi connectivity index (χ4v) is 2.45. The molecule has 3 rings (SSSR count). The molecule has 0 radical (unpaired) electrons. The van der Waals surface area contributed by atoms with Crippen LogP contribution in [0.15, 0.2) is 78.5 Å². The third-order valence-corrected chi connectivity index (χ3v) is 3.36. The molecule has 0 atom stereocenters. The first-order chi connectivity index (χ1) is 9.84. The van der Waals surface area contributed by atoms with E-state index in [9.17, 15) is 4.39 Å². The minimum atomic E-state index is -0.213. The van der Waals surface area contributed by atoms with E-state index in [1.165, 1.54) is 11.8 Å². The summed E-state index contributed by atoms with van der Waals surface area (Å²) in [5, 5.41) is 0. The Kier molecular flexibility index (Phi) is 3.64. The molecule has 0 heterocycles. The maximum Gasteiger partial charge on any atom is 0.125 e. The Labute approximate surface area is 118 Å². The maximum absolute atomic E-state index is 13.6. The predicted molar refractivity (Wildman–Crippen MR) is 81.4 cm³/mol. The van der Waals surface area contributed by atoms with Crippen LogP contribution in [0.3, 0.4) is 0 Å². The van der Waals surface area contributed by atoms with E-state index in [-0.39, 0.29) is 5.82 Å². The second-order valence-corrected chi connectivity index (χ2v) is 4.78. The average Bonchev–Trinajstić information content (AvgIpc) is 2.50. The molecule has 0 bridgehead atoms. The van der Waals surface area contributed by atoms with Crippen LogP contribution in [-0.2, 0) is 0 Å². The summed E-state index contributed by atoms with van der Waals surface area (Å²) in [5.41, 5.74) is 3.10. The lowest BCUT2D eigenvalue weighted by Crippen LogP contribution is -2.17. The Bertz CT molecular complexity index is 643. The molecule has 1 nitrogen and oxygen atoms in total. The van der Waals surface area contributed by atoms with Crippen LogP contribution in [0.1, 0.15) is 12.8 Å². The largest absolute Gasteiger partial charge is 0.314 e. The zero-order chi connectivity index (χ0) is 13.8. The summed E-state index contributed by atoms with van der Waals surface area (Å²) < 4.78 is 13.6. The number of hydrogen-bond donors (Lipinski definition) is 0. The van der Waals surface area contributed by atoms with E-state index in [1.54, 1.807) is 12.1 Å². The second-order valence-electron chi connectivity index (χ2n) is 4.78. The fraction of sp³-hybridized carbons (Fsp3) is 0.111. The Balaban J connectivity index is 2.08. The Hall–Kier alpha value is -2.35. The van der Waals surface area contributed by atoms with Gasteiger partial charge in [0, 0.05) is 17.1 Å². The van der Waals surface area contributed by atoms with E-state index in [2.05, 4.69) is 23.1 Å². The van der Waals surface area contributed by atoms with Gasteiger partial charge >= 0.3 is 0 Å². The standard InChI is InChI=1S/C18H16FN/c19-15-8-7-13-18(14-15)20(16-9-3-1-4-10-16)17-11-5-2-6-12-17/h1-5,7-11,13-14H,6,12H2. The Morgan fingerprint density at radius 2 is 1.70 bits per heavy atom. The van der Waals surface area contributed by atoms with Crippen molar-refractivity contribution in [3.8, 4) is 0 Å². The van der Waals surface area contributed by atoms with Crippen molar-refractivity contribution < 1.29 is 4.39 Å². The molecule has 0 aromatic heterocycles. The summed E-state index contributed by atoms with van der Waals surface area (Å²) in [6, 6.07) is 16.8. The highest BCUT2D eigenvalue weighted by Crippen LogP contribution is 2.32. The van der Waals surface area contributed by atoms with Gasteiger partial charge in [-0.2, -0.15) is 0 Å². The molecule has 2 heteroatoms. The number of benzene rings is 2. The molecule has 0 amide bonds. The first-order valence-electron chi connectivity index (χ1n) is 6.81. The topological polar surface area (TPSA) is 3.24 Å². The van der Waals surface area contributed by atoms with Gasteiger partial charge in [-0.3, -0.25) is 0 Å². The molecular formula is C18H16FN. The summed E-state index contributed by atoms with van der Waals surface area (Å²) in [5.74, 6) is -0.213. The molecule has 1 aliphatic rings. The van der Waals surface area contributed by atoms with E-state index in [1.807, 2.05) is 36.4 Å². The van der Waals surface area contributed by atoms with Crippen LogP contribution in [-0.4, -0.2) is 0 Å². The summed E-state index contributed by atoms with van der Waals surface area (Å²) >= 11 is 0. The van der Waals surface area contributed by atoms with Gasteiger partial charge < -0.3 is 4.90 Å². The van der Waals surface area contributed by atoms with Crippen molar-refractivity contribution in [3.63, 3.8) is 0 Å². The molecule has 100 valence electrons. The molecule has 2 aromatic rings. The molecule has 0 spiro atoms. The maximum atomic E-state index is 13.6. The van der Waals surface area contributed by atoms with Gasteiger partial charge in [-0.1, -0.05) is 36.4 Å². The van der Waals surface area contributed by atoms with E-state index in [4.69, 9.17) is 0 Å². The molecular weight excluding hydrogens is 249 g/mol. The van der Waals surface area contributed by atoms with Crippen LogP contribution in [0, 0.1) is 5.82 Å². The highest BCUT2D eigenvalue weighted by atomic mass is 19.1. The van der Waals surface area contributed by atoms with E-state index in [0.29, 0.717) is 0 Å². The molecule has 2 aromatic carbocycles. The normalized spacial score (nSPS) is 13.9. The summed E-state index contributed by atoms with van der Waals surface area (Å²) in [6.45, 7) is 0. The minimum absolute atomic E-state index is 0.213.